The number of carbonyl (C=O) groups is 1. The van der Waals surface area contributed by atoms with Crippen LogP contribution >= 0.6 is 0 Å². The first kappa shape index (κ1) is 35.7. The normalized spacial score (nSPS) is 16.5. The van der Waals surface area contributed by atoms with Crippen molar-refractivity contribution < 1.29 is 35.5 Å². The molecule has 0 fully saturated rings. The van der Waals surface area contributed by atoms with E-state index in [1.165, 1.54) is 19.2 Å². The highest BCUT2D eigenvalue weighted by atomic mass is 32.2. The van der Waals surface area contributed by atoms with Crippen LogP contribution in [0.15, 0.2) is 102 Å². The summed E-state index contributed by atoms with van der Waals surface area (Å²) < 4.78 is 78.6. The lowest BCUT2D eigenvalue weighted by atomic mass is 10.0. The highest BCUT2D eigenvalue weighted by Crippen LogP contribution is 2.40. The van der Waals surface area contributed by atoms with Crippen molar-refractivity contribution in [2.45, 2.75) is 44.3 Å². The molecule has 5 aromatic rings. The minimum Gasteiger partial charge on any atom is -0.466 e. The van der Waals surface area contributed by atoms with E-state index in [2.05, 4.69) is 11.2 Å². The molecule has 0 aliphatic heterocycles. The van der Waals surface area contributed by atoms with Crippen LogP contribution in [0.25, 0.3) is 22.3 Å². The van der Waals surface area contributed by atoms with Crippen LogP contribution in [-0.4, -0.2) is 59.2 Å². The molecule has 1 aliphatic carbocycles. The van der Waals surface area contributed by atoms with Crippen LogP contribution in [0.2, 0.25) is 0 Å². The molecule has 2 aromatic heterocycles. The molecule has 1 unspecified atom stereocenters. The summed E-state index contributed by atoms with van der Waals surface area (Å²) in [5.41, 5.74) is 3.13. The average Bonchev–Trinajstić information content (AvgIpc) is 3.68. The molecule has 1 aliphatic rings. The highest BCUT2D eigenvalue weighted by molar-refractivity contribution is 7.94. The maximum atomic E-state index is 15.3. The number of rotatable bonds is 12. The molecule has 2 heterocycles. The number of aromatic nitrogens is 4. The lowest BCUT2D eigenvalue weighted by Crippen LogP contribution is -2.41. The van der Waals surface area contributed by atoms with Crippen molar-refractivity contribution in [2.24, 2.45) is 7.05 Å². The van der Waals surface area contributed by atoms with Crippen LogP contribution < -0.4 is 4.74 Å². The van der Waals surface area contributed by atoms with Crippen molar-refractivity contribution in [3.05, 3.63) is 119 Å². The van der Waals surface area contributed by atoms with Crippen molar-refractivity contribution >= 4 is 36.7 Å². The van der Waals surface area contributed by atoms with Gasteiger partial charge in [-0.05, 0) is 80.3 Å². The molecule has 0 N–H and O–H groups in total. The number of carbonyl (C=O) groups excluding carboxylic acids is 1. The molecule has 6 rings (SSSR count). The third-order valence-electron chi connectivity index (χ3n) is 8.81. The molecule has 0 saturated heterocycles. The fourth-order valence-corrected chi connectivity index (χ4v) is 8.27. The fourth-order valence-electron chi connectivity index (χ4n) is 5.89. The van der Waals surface area contributed by atoms with Crippen molar-refractivity contribution in [1.29, 1.82) is 0 Å². The standard InChI is InChI=1S/C37H37FN4O7S2/c1-5-48-35(43)15-12-25-8-6-9-26(20-25)21-34-39-36(40-41(34)3)28-10-7-11-29(23-28)49-30-13-14-32-27(22-30)17-19-42(32)51(46,47)37(2)18-16-31(24-33(37)38)50(4,44)45/h6-11,13-14,16-17,19-20,22-24H,5,12,15,18,21H2,1-4H3. The molecule has 0 radical (unpaired) electrons. The lowest BCUT2D eigenvalue weighted by Gasteiger charge is -2.30. The van der Waals surface area contributed by atoms with Gasteiger partial charge in [0.2, 0.25) is 0 Å². The zero-order valence-electron chi connectivity index (χ0n) is 28.5. The number of hydrogen-bond donors (Lipinski definition) is 0. The van der Waals surface area contributed by atoms with E-state index in [1.54, 1.807) is 41.9 Å². The Morgan fingerprint density at radius 1 is 0.980 bits per heavy atom. The van der Waals surface area contributed by atoms with Crippen molar-refractivity contribution in [1.82, 2.24) is 18.7 Å². The molecule has 0 bridgehead atoms. The number of allylic oxidation sites excluding steroid dienone is 2. The Kier molecular flexibility index (Phi) is 9.75. The number of benzene rings is 3. The van der Waals surface area contributed by atoms with E-state index in [1.807, 2.05) is 43.4 Å². The third-order valence-corrected chi connectivity index (χ3v) is 12.3. The second-order valence-corrected chi connectivity index (χ2v) is 16.8. The summed E-state index contributed by atoms with van der Waals surface area (Å²) in [4.78, 5) is 16.3. The Morgan fingerprint density at radius 2 is 1.73 bits per heavy atom. The highest BCUT2D eigenvalue weighted by Gasteiger charge is 2.46. The van der Waals surface area contributed by atoms with Gasteiger partial charge in [0.05, 0.1) is 17.0 Å². The average molecular weight is 733 g/mol. The van der Waals surface area contributed by atoms with E-state index in [0.717, 1.165) is 38.8 Å². The summed E-state index contributed by atoms with van der Waals surface area (Å²) in [5.74, 6) is 0.974. The maximum Gasteiger partial charge on any atom is 0.306 e. The maximum absolute atomic E-state index is 15.3. The molecular weight excluding hydrogens is 696 g/mol. The van der Waals surface area contributed by atoms with Gasteiger partial charge in [-0.15, -0.1) is 0 Å². The number of halogens is 1. The van der Waals surface area contributed by atoms with E-state index in [4.69, 9.17) is 14.5 Å². The van der Waals surface area contributed by atoms with E-state index in [0.29, 0.717) is 54.1 Å². The topological polar surface area (TPSA) is 139 Å². The first-order chi connectivity index (χ1) is 24.2. The van der Waals surface area contributed by atoms with Crippen LogP contribution in [0.5, 0.6) is 11.5 Å². The number of ether oxygens (including phenoxy) is 2. The predicted molar refractivity (Wildman–Crippen MR) is 192 cm³/mol. The summed E-state index contributed by atoms with van der Waals surface area (Å²) in [6.45, 7) is 3.40. The Morgan fingerprint density at radius 3 is 2.47 bits per heavy atom. The largest absolute Gasteiger partial charge is 0.466 e. The number of sulfone groups is 1. The second-order valence-electron chi connectivity index (χ2n) is 12.6. The van der Waals surface area contributed by atoms with Gasteiger partial charge in [-0.2, -0.15) is 5.10 Å². The van der Waals surface area contributed by atoms with Gasteiger partial charge in [-0.1, -0.05) is 42.5 Å². The van der Waals surface area contributed by atoms with E-state index >= 15 is 4.39 Å². The monoisotopic (exact) mass is 732 g/mol. The molecule has 0 spiro atoms. The smallest absolute Gasteiger partial charge is 0.306 e. The predicted octanol–water partition coefficient (Wildman–Crippen LogP) is 6.44. The van der Waals surface area contributed by atoms with Gasteiger partial charge in [0.15, 0.2) is 15.7 Å². The Labute approximate surface area is 296 Å². The quantitative estimate of drug-likeness (QED) is 0.133. The minimum atomic E-state index is -4.34. The summed E-state index contributed by atoms with van der Waals surface area (Å²) in [6.07, 6.45) is 5.42. The molecule has 11 nitrogen and oxygen atoms in total. The molecular formula is C37H37FN4O7S2. The van der Waals surface area contributed by atoms with Crippen LogP contribution in [0.1, 0.15) is 43.6 Å². The lowest BCUT2D eigenvalue weighted by molar-refractivity contribution is -0.143. The molecule has 51 heavy (non-hydrogen) atoms. The van der Waals surface area contributed by atoms with Gasteiger partial charge in [-0.25, -0.2) is 30.2 Å². The number of fused-ring (bicyclic) bond motifs is 1. The molecule has 14 heteroatoms. The van der Waals surface area contributed by atoms with Gasteiger partial charge in [0.1, 0.15) is 27.9 Å². The van der Waals surface area contributed by atoms with Gasteiger partial charge in [-0.3, -0.25) is 9.48 Å². The van der Waals surface area contributed by atoms with E-state index in [-0.39, 0.29) is 17.3 Å². The van der Waals surface area contributed by atoms with Crippen LogP contribution in [0.4, 0.5) is 4.39 Å². The number of hydrogen-bond acceptors (Lipinski definition) is 9. The first-order valence-electron chi connectivity index (χ1n) is 16.2. The number of nitrogens with zero attached hydrogens (tertiary/aromatic N) is 4. The number of esters is 1. The van der Waals surface area contributed by atoms with Crippen molar-refractivity contribution in [3.63, 3.8) is 0 Å². The SMILES string of the molecule is CCOC(=O)CCc1cccc(Cc2nc(-c3cccc(Oc4ccc5c(ccn5S(=O)(=O)C5(C)CC=C(S(C)(=O)=O)C=C5F)c4)c3)nn2C)c1. The molecule has 0 amide bonds. The summed E-state index contributed by atoms with van der Waals surface area (Å²) in [6, 6.07) is 21.8. The third kappa shape index (κ3) is 7.38. The Hall–Kier alpha value is -5.08. The van der Waals surface area contributed by atoms with Gasteiger partial charge >= 0.3 is 5.97 Å². The van der Waals surface area contributed by atoms with Crippen molar-refractivity contribution in [2.75, 3.05) is 12.9 Å². The van der Waals surface area contributed by atoms with Crippen molar-refractivity contribution in [3.8, 4) is 22.9 Å². The first-order valence-corrected chi connectivity index (χ1v) is 19.6. The van der Waals surface area contributed by atoms with Gasteiger partial charge in [0, 0.05) is 43.3 Å². The van der Waals surface area contributed by atoms with E-state index < -0.39 is 30.4 Å². The zero-order chi connectivity index (χ0) is 36.6. The molecule has 0 saturated carbocycles. The van der Waals surface area contributed by atoms with Crippen LogP contribution in [-0.2, 0) is 49.3 Å². The molecule has 266 valence electrons. The Balaban J connectivity index is 1.17. The second kappa shape index (κ2) is 13.9. The van der Waals surface area contributed by atoms with Crippen LogP contribution in [0, 0.1) is 0 Å². The summed E-state index contributed by atoms with van der Waals surface area (Å²) >= 11 is 0. The van der Waals surface area contributed by atoms with E-state index in [9.17, 15) is 21.6 Å². The molecule has 3 aromatic carbocycles. The van der Waals surface area contributed by atoms with Crippen LogP contribution in [0.3, 0.4) is 0 Å². The van der Waals surface area contributed by atoms with Gasteiger partial charge in [0.25, 0.3) is 10.0 Å². The molecule has 1 atom stereocenters. The summed E-state index contributed by atoms with van der Waals surface area (Å²) in [7, 11) is -6.21. The minimum absolute atomic E-state index is 0.218. The summed E-state index contributed by atoms with van der Waals surface area (Å²) in [5, 5.41) is 5.17. The fraction of sp³-hybridized carbons (Fsp3) is 0.270. The Bertz CT molecular complexity index is 2430. The van der Waals surface area contributed by atoms with Gasteiger partial charge < -0.3 is 9.47 Å². The number of aryl methyl sites for hydroxylation is 2. The zero-order valence-corrected chi connectivity index (χ0v) is 30.2.